The van der Waals surface area contributed by atoms with E-state index in [0.717, 1.165) is 19.0 Å². The van der Waals surface area contributed by atoms with Gasteiger partial charge in [0.05, 0.1) is 0 Å². The second kappa shape index (κ2) is 9.78. The van der Waals surface area contributed by atoms with Gasteiger partial charge in [-0.2, -0.15) is 0 Å². The zero-order chi connectivity index (χ0) is 18.2. The predicted octanol–water partition coefficient (Wildman–Crippen LogP) is 2.29. The summed E-state index contributed by atoms with van der Waals surface area (Å²) < 4.78 is 0. The molecule has 1 aliphatic rings. The molecule has 0 radical (unpaired) electrons. The summed E-state index contributed by atoms with van der Waals surface area (Å²) >= 11 is 0. The summed E-state index contributed by atoms with van der Waals surface area (Å²) in [5, 5.41) is 7.02. The van der Waals surface area contributed by atoms with Crippen LogP contribution >= 0.6 is 0 Å². The fraction of sp³-hybridized carbons (Fsp3) is 0.650. The molecule has 2 rings (SSSR count). The summed E-state index contributed by atoms with van der Waals surface area (Å²) in [7, 11) is 6.03. The third-order valence-electron chi connectivity index (χ3n) is 4.81. The Morgan fingerprint density at radius 1 is 1.16 bits per heavy atom. The molecule has 2 N–H and O–H groups in total. The molecule has 1 aromatic carbocycles. The van der Waals surface area contributed by atoms with Crippen molar-refractivity contribution in [3.63, 3.8) is 0 Å². The van der Waals surface area contributed by atoms with Crippen molar-refractivity contribution in [1.82, 2.24) is 20.4 Å². The monoisotopic (exact) mass is 345 g/mol. The number of guanidine groups is 1. The normalized spacial score (nSPS) is 17.3. The van der Waals surface area contributed by atoms with Crippen LogP contribution < -0.4 is 10.6 Å². The first-order valence-corrected chi connectivity index (χ1v) is 9.41. The number of nitrogens with zero attached hydrogens (tertiary/aromatic N) is 3. The summed E-state index contributed by atoms with van der Waals surface area (Å²) in [5.74, 6) is 0.903. The van der Waals surface area contributed by atoms with E-state index in [1.165, 1.54) is 37.1 Å². The number of benzene rings is 1. The number of hydrogen-bond donors (Lipinski definition) is 2. The molecule has 0 unspecified atom stereocenters. The van der Waals surface area contributed by atoms with Gasteiger partial charge in [-0.25, -0.2) is 0 Å². The topological polar surface area (TPSA) is 42.9 Å². The number of hydrogen-bond acceptors (Lipinski definition) is 3. The molecule has 0 aliphatic carbocycles. The van der Waals surface area contributed by atoms with Crippen LogP contribution in [0, 0.1) is 0 Å². The Kier molecular flexibility index (Phi) is 7.72. The average Bonchev–Trinajstić information content (AvgIpc) is 2.59. The van der Waals surface area contributed by atoms with Crippen molar-refractivity contribution in [2.75, 3.05) is 34.2 Å². The van der Waals surface area contributed by atoms with Crippen molar-refractivity contribution in [3.05, 3.63) is 35.4 Å². The highest BCUT2D eigenvalue weighted by atomic mass is 15.2. The van der Waals surface area contributed by atoms with Crippen molar-refractivity contribution in [2.45, 2.75) is 51.9 Å². The second-order valence-electron chi connectivity index (χ2n) is 7.53. The molecular formula is C20H35N5. The van der Waals surface area contributed by atoms with E-state index in [2.05, 4.69) is 77.6 Å². The van der Waals surface area contributed by atoms with Crippen LogP contribution in [-0.4, -0.2) is 62.1 Å². The Morgan fingerprint density at radius 2 is 1.76 bits per heavy atom. The Labute approximate surface area is 153 Å². The van der Waals surface area contributed by atoms with E-state index in [0.29, 0.717) is 12.1 Å². The lowest BCUT2D eigenvalue weighted by Gasteiger charge is -2.35. The van der Waals surface area contributed by atoms with E-state index in [4.69, 9.17) is 0 Å². The summed E-state index contributed by atoms with van der Waals surface area (Å²) in [6, 6.07) is 9.96. The summed E-state index contributed by atoms with van der Waals surface area (Å²) in [6.45, 7) is 8.66. The van der Waals surface area contributed by atoms with E-state index < -0.39 is 0 Å². The molecule has 0 aromatic heterocycles. The molecule has 1 saturated heterocycles. The van der Waals surface area contributed by atoms with Crippen LogP contribution in [0.4, 0.5) is 0 Å². The molecule has 1 aliphatic heterocycles. The Morgan fingerprint density at radius 3 is 2.28 bits per heavy atom. The number of piperidine rings is 1. The Hall–Kier alpha value is -1.59. The zero-order valence-corrected chi connectivity index (χ0v) is 16.5. The van der Waals surface area contributed by atoms with Gasteiger partial charge in [-0.3, -0.25) is 4.99 Å². The van der Waals surface area contributed by atoms with E-state index in [-0.39, 0.29) is 0 Å². The largest absolute Gasteiger partial charge is 0.354 e. The highest BCUT2D eigenvalue weighted by molar-refractivity contribution is 5.79. The fourth-order valence-electron chi connectivity index (χ4n) is 3.26. The number of nitrogens with one attached hydrogen (secondary N) is 2. The van der Waals surface area contributed by atoms with Gasteiger partial charge in [0.2, 0.25) is 0 Å². The highest BCUT2D eigenvalue weighted by Crippen LogP contribution is 2.13. The van der Waals surface area contributed by atoms with Crippen molar-refractivity contribution >= 4 is 5.96 Å². The Balaban J connectivity index is 1.77. The van der Waals surface area contributed by atoms with E-state index in [1.807, 2.05) is 7.05 Å². The van der Waals surface area contributed by atoms with E-state index in [1.54, 1.807) is 0 Å². The molecule has 140 valence electrons. The zero-order valence-electron chi connectivity index (χ0n) is 16.5. The maximum atomic E-state index is 4.38. The minimum atomic E-state index is 0.517. The summed E-state index contributed by atoms with van der Waals surface area (Å²) in [5.41, 5.74) is 2.62. The van der Waals surface area contributed by atoms with Crippen LogP contribution in [0.1, 0.15) is 37.8 Å². The second-order valence-corrected chi connectivity index (χ2v) is 7.53. The quantitative estimate of drug-likeness (QED) is 0.613. The highest BCUT2D eigenvalue weighted by Gasteiger charge is 2.21. The van der Waals surface area contributed by atoms with Crippen molar-refractivity contribution in [3.8, 4) is 0 Å². The van der Waals surface area contributed by atoms with Crippen LogP contribution in [0.15, 0.2) is 29.3 Å². The smallest absolute Gasteiger partial charge is 0.191 e. The molecule has 5 nitrogen and oxygen atoms in total. The van der Waals surface area contributed by atoms with Crippen LogP contribution in [-0.2, 0) is 13.1 Å². The van der Waals surface area contributed by atoms with E-state index >= 15 is 0 Å². The van der Waals surface area contributed by atoms with Crippen molar-refractivity contribution in [1.29, 1.82) is 0 Å². The maximum absolute atomic E-state index is 4.38. The third kappa shape index (κ3) is 6.67. The van der Waals surface area contributed by atoms with Gasteiger partial charge in [-0.1, -0.05) is 24.3 Å². The fourth-order valence-corrected chi connectivity index (χ4v) is 3.26. The van der Waals surface area contributed by atoms with Crippen LogP contribution in [0.25, 0.3) is 0 Å². The van der Waals surface area contributed by atoms with Gasteiger partial charge in [0, 0.05) is 45.3 Å². The summed E-state index contributed by atoms with van der Waals surface area (Å²) in [4.78, 5) is 9.11. The van der Waals surface area contributed by atoms with Crippen LogP contribution in [0.2, 0.25) is 0 Å². The lowest BCUT2D eigenvalue weighted by atomic mass is 10.0. The van der Waals surface area contributed by atoms with Gasteiger partial charge in [-0.05, 0) is 51.9 Å². The van der Waals surface area contributed by atoms with Crippen LogP contribution in [0.5, 0.6) is 0 Å². The minimum Gasteiger partial charge on any atom is -0.354 e. The molecule has 0 amide bonds. The minimum absolute atomic E-state index is 0.517. The third-order valence-corrected chi connectivity index (χ3v) is 4.81. The van der Waals surface area contributed by atoms with Crippen molar-refractivity contribution < 1.29 is 0 Å². The number of rotatable bonds is 6. The molecule has 0 saturated carbocycles. The molecule has 25 heavy (non-hydrogen) atoms. The predicted molar refractivity (Wildman–Crippen MR) is 107 cm³/mol. The van der Waals surface area contributed by atoms with Gasteiger partial charge < -0.3 is 20.4 Å². The van der Waals surface area contributed by atoms with Crippen LogP contribution in [0.3, 0.4) is 0 Å². The molecule has 0 bridgehead atoms. The first-order chi connectivity index (χ1) is 12.0. The van der Waals surface area contributed by atoms with E-state index in [9.17, 15) is 0 Å². The molecule has 1 fully saturated rings. The number of likely N-dealkylation sites (tertiary alicyclic amines) is 1. The first-order valence-electron chi connectivity index (χ1n) is 9.41. The SMILES string of the molecule is CN=C(NCc1ccc(CN(C)C)cc1)NC1CCN(C(C)C)CC1. The molecule has 1 heterocycles. The Bertz CT molecular complexity index is 528. The first kappa shape index (κ1) is 19.7. The maximum Gasteiger partial charge on any atom is 0.191 e. The lowest BCUT2D eigenvalue weighted by molar-refractivity contribution is 0.167. The molecule has 5 heteroatoms. The molecule has 0 atom stereocenters. The van der Waals surface area contributed by atoms with Gasteiger partial charge in [0.25, 0.3) is 0 Å². The lowest BCUT2D eigenvalue weighted by Crippen LogP contribution is -2.49. The van der Waals surface area contributed by atoms with Gasteiger partial charge in [-0.15, -0.1) is 0 Å². The summed E-state index contributed by atoms with van der Waals surface area (Å²) in [6.07, 6.45) is 2.36. The standard InChI is InChI=1S/C20H35N5/c1-16(2)25-12-10-19(11-13-25)23-20(21-3)22-14-17-6-8-18(9-7-17)15-24(4)5/h6-9,16,19H,10-15H2,1-5H3,(H2,21,22,23). The molecular weight excluding hydrogens is 310 g/mol. The van der Waals surface area contributed by atoms with Crippen molar-refractivity contribution in [2.24, 2.45) is 4.99 Å². The average molecular weight is 346 g/mol. The molecule has 1 aromatic rings. The van der Waals surface area contributed by atoms with Gasteiger partial charge in [0.1, 0.15) is 0 Å². The molecule has 0 spiro atoms. The van der Waals surface area contributed by atoms with Gasteiger partial charge in [0.15, 0.2) is 5.96 Å². The van der Waals surface area contributed by atoms with Gasteiger partial charge >= 0.3 is 0 Å². The number of aliphatic imine (C=N–C) groups is 1.